The Morgan fingerprint density at radius 3 is 2.76 bits per heavy atom. The number of nitrogens with one attached hydrogen (secondary N) is 1. The Labute approximate surface area is 221 Å². The Morgan fingerprint density at radius 2 is 2.00 bits per heavy atom. The van der Waals surface area contributed by atoms with E-state index in [9.17, 15) is 14.3 Å². The second kappa shape index (κ2) is 12.7. The Balaban J connectivity index is 1.38. The molecular weight excluding hydrogens is 497 g/mol. The number of likely N-dealkylation sites (tertiary alicyclic amines) is 1. The third-order valence-electron chi connectivity index (χ3n) is 6.30. The van der Waals surface area contributed by atoms with Gasteiger partial charge in [-0.1, -0.05) is 24.1 Å². The van der Waals surface area contributed by atoms with Crippen molar-refractivity contribution in [2.45, 2.75) is 39.2 Å². The zero-order valence-electron chi connectivity index (χ0n) is 20.8. The Hall–Kier alpha value is -3.43. The van der Waals surface area contributed by atoms with Gasteiger partial charge in [0.15, 0.2) is 11.6 Å². The Morgan fingerprint density at radius 1 is 1.19 bits per heavy atom. The van der Waals surface area contributed by atoms with Gasteiger partial charge in [0.2, 0.25) is 5.95 Å². The summed E-state index contributed by atoms with van der Waals surface area (Å²) in [7, 11) is 0. The van der Waals surface area contributed by atoms with Gasteiger partial charge in [-0.15, -0.1) is 0 Å². The zero-order valence-corrected chi connectivity index (χ0v) is 21.5. The van der Waals surface area contributed by atoms with Crippen LogP contribution >= 0.6 is 11.6 Å². The predicted octanol–water partition coefficient (Wildman–Crippen LogP) is 6.26. The number of rotatable bonds is 10. The second-order valence-corrected chi connectivity index (χ2v) is 9.49. The lowest BCUT2D eigenvalue weighted by molar-refractivity contribution is 0.201. The van der Waals surface area contributed by atoms with E-state index in [1.54, 1.807) is 24.3 Å². The Kier molecular flexibility index (Phi) is 9.14. The molecule has 37 heavy (non-hydrogen) atoms. The first-order chi connectivity index (χ1) is 17.9. The third-order valence-corrected chi connectivity index (χ3v) is 6.54. The van der Waals surface area contributed by atoms with Crippen LogP contribution in [0.2, 0.25) is 5.02 Å². The number of anilines is 3. The summed E-state index contributed by atoms with van der Waals surface area (Å²) in [4.78, 5) is 24.0. The van der Waals surface area contributed by atoms with Crippen LogP contribution in [-0.4, -0.2) is 52.3 Å². The van der Waals surface area contributed by atoms with Crippen LogP contribution in [-0.2, 0) is 6.54 Å². The highest BCUT2D eigenvalue weighted by molar-refractivity contribution is 6.30. The molecular formula is C27H31ClFN5O3. The minimum Gasteiger partial charge on any atom is -0.490 e. The number of carbonyl (C=O) groups is 1. The normalized spacial score (nSPS) is 13.8. The highest BCUT2D eigenvalue weighted by Gasteiger charge is 2.19. The van der Waals surface area contributed by atoms with Crippen molar-refractivity contribution in [3.05, 3.63) is 70.6 Å². The summed E-state index contributed by atoms with van der Waals surface area (Å²) in [6.07, 6.45) is 4.90. The van der Waals surface area contributed by atoms with Gasteiger partial charge in [0.25, 0.3) is 0 Å². The van der Waals surface area contributed by atoms with Gasteiger partial charge in [0, 0.05) is 29.5 Å². The zero-order chi connectivity index (χ0) is 26.2. The molecule has 0 spiro atoms. The van der Waals surface area contributed by atoms with E-state index >= 15 is 0 Å². The largest absolute Gasteiger partial charge is 0.490 e. The minimum absolute atomic E-state index is 0.0661. The van der Waals surface area contributed by atoms with E-state index in [0.717, 1.165) is 42.1 Å². The molecule has 4 rings (SSSR count). The average Bonchev–Trinajstić information content (AvgIpc) is 2.88. The van der Waals surface area contributed by atoms with Crippen molar-refractivity contribution in [2.75, 3.05) is 36.5 Å². The fourth-order valence-electron chi connectivity index (χ4n) is 4.27. The molecule has 1 saturated heterocycles. The first-order valence-corrected chi connectivity index (χ1v) is 12.8. The number of hydrogen-bond acceptors (Lipinski definition) is 6. The molecule has 1 amide bonds. The summed E-state index contributed by atoms with van der Waals surface area (Å²) >= 11 is 6.09. The number of aromatic nitrogens is 2. The maximum absolute atomic E-state index is 14.6. The molecule has 1 aromatic heterocycles. The number of aryl methyl sites for hydroxylation is 1. The molecule has 0 aliphatic carbocycles. The van der Waals surface area contributed by atoms with Gasteiger partial charge in [0.1, 0.15) is 5.82 Å². The standard InChI is InChI=1S/C27H31ClFN5O3/c1-19-6-7-21(28)16-20(19)18-34(27(35)36)25-10-11-30-26(32-25)31-22-8-9-24(23(29)17-22)37-15-5-14-33-12-3-2-4-13-33/h6-11,16-17H,2-5,12-15,18H2,1H3,(H,35,36)(H,30,31,32). The maximum atomic E-state index is 14.6. The van der Waals surface area contributed by atoms with Gasteiger partial charge in [-0.05, 0) is 80.7 Å². The van der Waals surface area contributed by atoms with Gasteiger partial charge < -0.3 is 20.1 Å². The Bertz CT molecular complexity index is 1220. The van der Waals surface area contributed by atoms with Crippen LogP contribution in [0.25, 0.3) is 0 Å². The maximum Gasteiger partial charge on any atom is 0.413 e. The van der Waals surface area contributed by atoms with Gasteiger partial charge in [0.05, 0.1) is 13.2 Å². The first-order valence-electron chi connectivity index (χ1n) is 12.4. The van der Waals surface area contributed by atoms with Crippen LogP contribution in [0.15, 0.2) is 48.7 Å². The quantitative estimate of drug-likeness (QED) is 0.301. The lowest BCUT2D eigenvalue weighted by Gasteiger charge is -2.26. The number of piperidine rings is 1. The van der Waals surface area contributed by atoms with E-state index < -0.39 is 11.9 Å². The van der Waals surface area contributed by atoms with Gasteiger partial charge >= 0.3 is 6.09 Å². The summed E-state index contributed by atoms with van der Waals surface area (Å²) in [6.45, 7) is 5.61. The molecule has 2 heterocycles. The molecule has 1 aliphatic rings. The summed E-state index contributed by atoms with van der Waals surface area (Å²) < 4.78 is 20.3. The highest BCUT2D eigenvalue weighted by Crippen LogP contribution is 2.25. The number of nitrogens with zero attached hydrogens (tertiary/aromatic N) is 4. The van der Waals surface area contributed by atoms with E-state index in [1.807, 2.05) is 13.0 Å². The third kappa shape index (κ3) is 7.53. The minimum atomic E-state index is -1.17. The van der Waals surface area contributed by atoms with Crippen LogP contribution in [0.3, 0.4) is 0 Å². The molecule has 0 saturated carbocycles. The van der Waals surface area contributed by atoms with E-state index in [0.29, 0.717) is 17.3 Å². The van der Waals surface area contributed by atoms with Crippen LogP contribution in [0, 0.1) is 12.7 Å². The number of benzene rings is 2. The molecule has 0 atom stereocenters. The summed E-state index contributed by atoms with van der Waals surface area (Å²) in [6, 6.07) is 11.4. The average molecular weight is 528 g/mol. The van der Waals surface area contributed by atoms with Gasteiger partial charge in [-0.2, -0.15) is 4.98 Å². The van der Waals surface area contributed by atoms with E-state index in [2.05, 4.69) is 20.2 Å². The lowest BCUT2D eigenvalue weighted by Crippen LogP contribution is -2.31. The van der Waals surface area contributed by atoms with Crippen molar-refractivity contribution in [3.8, 4) is 5.75 Å². The summed E-state index contributed by atoms with van der Waals surface area (Å²) in [5.74, 6) is 0.00945. The predicted molar refractivity (Wildman–Crippen MR) is 143 cm³/mol. The fourth-order valence-corrected chi connectivity index (χ4v) is 4.46. The van der Waals surface area contributed by atoms with Gasteiger partial charge in [-0.3, -0.25) is 4.90 Å². The first kappa shape index (κ1) is 26.6. The number of ether oxygens (including phenoxy) is 1. The van der Waals surface area contributed by atoms with Crippen molar-refractivity contribution in [3.63, 3.8) is 0 Å². The van der Waals surface area contributed by atoms with Crippen LogP contribution < -0.4 is 15.0 Å². The number of hydrogen-bond donors (Lipinski definition) is 2. The molecule has 2 aromatic carbocycles. The van der Waals surface area contributed by atoms with E-state index in [4.69, 9.17) is 16.3 Å². The number of amides is 1. The van der Waals surface area contributed by atoms with Crippen molar-refractivity contribution in [2.24, 2.45) is 0 Å². The molecule has 1 fully saturated rings. The molecule has 0 bridgehead atoms. The lowest BCUT2D eigenvalue weighted by atomic mass is 10.1. The molecule has 1 aliphatic heterocycles. The summed E-state index contributed by atoms with van der Waals surface area (Å²) in [5, 5.41) is 13.3. The van der Waals surface area contributed by atoms with Gasteiger partial charge in [-0.25, -0.2) is 14.2 Å². The highest BCUT2D eigenvalue weighted by atomic mass is 35.5. The van der Waals surface area contributed by atoms with E-state index in [1.165, 1.54) is 37.6 Å². The van der Waals surface area contributed by atoms with Crippen LogP contribution in [0.5, 0.6) is 5.75 Å². The fraction of sp³-hybridized carbons (Fsp3) is 0.370. The SMILES string of the molecule is Cc1ccc(Cl)cc1CN(C(=O)O)c1ccnc(Nc2ccc(OCCCN3CCCCC3)c(F)c2)n1. The molecule has 196 valence electrons. The van der Waals surface area contributed by atoms with Crippen LogP contribution in [0.1, 0.15) is 36.8 Å². The smallest absolute Gasteiger partial charge is 0.413 e. The van der Waals surface area contributed by atoms with Crippen molar-refractivity contribution < 1.29 is 19.0 Å². The molecule has 0 radical (unpaired) electrons. The van der Waals surface area contributed by atoms with Crippen LogP contribution in [0.4, 0.5) is 26.6 Å². The van der Waals surface area contributed by atoms with Crippen molar-refractivity contribution in [1.29, 1.82) is 0 Å². The van der Waals surface area contributed by atoms with Crippen molar-refractivity contribution >= 4 is 35.1 Å². The molecule has 8 nitrogen and oxygen atoms in total. The van der Waals surface area contributed by atoms with E-state index in [-0.39, 0.29) is 24.1 Å². The topological polar surface area (TPSA) is 90.8 Å². The van der Waals surface area contributed by atoms with Crippen molar-refractivity contribution in [1.82, 2.24) is 14.9 Å². The monoisotopic (exact) mass is 527 g/mol. The molecule has 0 unspecified atom stereocenters. The summed E-state index contributed by atoms with van der Waals surface area (Å²) in [5.41, 5.74) is 2.09. The number of halogens is 2. The number of carboxylic acid groups (broad SMARTS) is 1. The second-order valence-electron chi connectivity index (χ2n) is 9.05. The molecule has 3 aromatic rings. The molecule has 10 heteroatoms. The molecule has 2 N–H and O–H groups in total.